The molecule has 58 heavy (non-hydrogen) atoms. The van der Waals surface area contributed by atoms with Gasteiger partial charge in [0.25, 0.3) is 10.9 Å². The lowest BCUT2D eigenvalue weighted by molar-refractivity contribution is -0.348. The number of nitrogens with two attached hydrogens (primary N) is 2. The maximum atomic E-state index is 12.2. The van der Waals surface area contributed by atoms with Crippen molar-refractivity contribution in [1.82, 2.24) is 10.6 Å². The first-order valence-corrected chi connectivity index (χ1v) is 19.8. The van der Waals surface area contributed by atoms with Gasteiger partial charge in [-0.1, -0.05) is 0 Å². The highest BCUT2D eigenvalue weighted by atomic mass is 32.2. The van der Waals surface area contributed by atoms with Crippen LogP contribution >= 0.6 is 11.8 Å². The zero-order valence-corrected chi connectivity index (χ0v) is 33.1. The summed E-state index contributed by atoms with van der Waals surface area (Å²) in [7, 11) is 0. The minimum Gasteiger partial charge on any atom is -0.488 e. The molecule has 3 rings (SSSR count). The Labute approximate surface area is 337 Å². The first-order valence-electron chi connectivity index (χ1n) is 18.7. The molecule has 2 heterocycles. The average molecular weight is 854 g/mol. The van der Waals surface area contributed by atoms with E-state index >= 15 is 0 Å². The van der Waals surface area contributed by atoms with E-state index in [1.807, 2.05) is 0 Å². The van der Waals surface area contributed by atoms with Crippen LogP contribution in [0.5, 0.6) is 5.75 Å². The van der Waals surface area contributed by atoms with Crippen LogP contribution in [0.3, 0.4) is 0 Å². The van der Waals surface area contributed by atoms with E-state index in [4.69, 9.17) is 49.4 Å². The van der Waals surface area contributed by atoms with E-state index in [-0.39, 0.29) is 50.2 Å². The van der Waals surface area contributed by atoms with E-state index in [0.717, 1.165) is 6.92 Å². The predicted molar refractivity (Wildman–Crippen MR) is 201 cm³/mol. The molecule has 2 fully saturated rings. The second-order valence-electron chi connectivity index (χ2n) is 13.0. The van der Waals surface area contributed by atoms with Crippen molar-refractivity contribution < 1.29 is 77.5 Å². The fourth-order valence-electron chi connectivity index (χ4n) is 5.88. The molecule has 4 amide bonds. The third-order valence-corrected chi connectivity index (χ3v) is 9.80. The van der Waals surface area contributed by atoms with Gasteiger partial charge in [-0.3, -0.25) is 24.0 Å². The van der Waals surface area contributed by atoms with Crippen molar-refractivity contribution in [3.63, 3.8) is 0 Å². The summed E-state index contributed by atoms with van der Waals surface area (Å²) in [6.07, 6.45) is -15.0. The fourth-order valence-corrected chi connectivity index (χ4v) is 6.75. The summed E-state index contributed by atoms with van der Waals surface area (Å²) in [5.41, 5.74) is 9.55. The molecule has 23 nitrogen and oxygen atoms in total. The Bertz CT molecular complexity index is 1530. The highest BCUT2D eigenvalue weighted by Crippen LogP contribution is 2.31. The minimum atomic E-state index is -1.91. The van der Waals surface area contributed by atoms with Crippen LogP contribution in [0, 0.1) is 0 Å². The molecule has 0 spiro atoms. The number of primary amides is 2. The number of amides is 4. The van der Waals surface area contributed by atoms with E-state index in [9.17, 15) is 49.2 Å². The summed E-state index contributed by atoms with van der Waals surface area (Å²) in [5, 5.41) is 49.6. The summed E-state index contributed by atoms with van der Waals surface area (Å²) in [6, 6.07) is -1.43. The molecular formula is C34H55N5O18S. The normalized spacial score (nSPS) is 27.1. The number of hydrogen-bond donors (Lipinski definition) is 9. The number of aliphatic hydroxyl groups is 4. The van der Waals surface area contributed by atoms with Gasteiger partial charge < -0.3 is 85.7 Å². The quantitative estimate of drug-likeness (QED) is 0.0298. The summed E-state index contributed by atoms with van der Waals surface area (Å²) in [6.45, 7) is 4.13. The Kier molecular flexibility index (Phi) is 21.0. The fraction of sp³-hybridized carbons (Fsp3) is 0.765. The van der Waals surface area contributed by atoms with Gasteiger partial charge in [0.1, 0.15) is 36.1 Å². The van der Waals surface area contributed by atoms with Crippen molar-refractivity contribution in [2.24, 2.45) is 11.5 Å². The number of carbonyl (C=O) groups excluding carboxylic acids is 4. The number of carbonyl (C=O) groups is 4. The van der Waals surface area contributed by atoms with E-state index in [1.165, 1.54) is 11.8 Å². The van der Waals surface area contributed by atoms with Crippen molar-refractivity contribution in [3.8, 4) is 5.75 Å². The van der Waals surface area contributed by atoms with E-state index in [1.54, 1.807) is 6.92 Å². The van der Waals surface area contributed by atoms with E-state index < -0.39 is 96.7 Å². The Morgan fingerprint density at radius 1 is 0.845 bits per heavy atom. The first kappa shape index (κ1) is 48.7. The van der Waals surface area contributed by atoms with Gasteiger partial charge in [0, 0.05) is 26.4 Å². The summed E-state index contributed by atoms with van der Waals surface area (Å²) in [4.78, 5) is 71.1. The minimum absolute atomic E-state index is 0.0111. The summed E-state index contributed by atoms with van der Waals surface area (Å²) >= 11 is 1.54. The zero-order chi connectivity index (χ0) is 42.8. The zero-order valence-electron chi connectivity index (χ0n) is 32.2. The molecule has 11 N–H and O–H groups in total. The molecular weight excluding hydrogens is 798 g/mol. The van der Waals surface area contributed by atoms with Crippen molar-refractivity contribution >= 4 is 41.3 Å². The largest absolute Gasteiger partial charge is 0.488 e. The molecule has 2 aliphatic heterocycles. The smallest absolute Gasteiger partial charge is 0.404 e. The van der Waals surface area contributed by atoms with Gasteiger partial charge in [0.05, 0.1) is 46.2 Å². The maximum absolute atomic E-state index is 12.2. The molecule has 0 aliphatic carbocycles. The molecule has 0 unspecified atom stereocenters. The summed E-state index contributed by atoms with van der Waals surface area (Å²) in [5.74, 6) is -0.657. The molecule has 0 radical (unpaired) electrons. The molecule has 1 aromatic rings. The van der Waals surface area contributed by atoms with Crippen LogP contribution in [-0.2, 0) is 47.5 Å². The van der Waals surface area contributed by atoms with Crippen molar-refractivity contribution in [2.45, 2.75) is 94.5 Å². The lowest BCUT2D eigenvalue weighted by Gasteiger charge is -2.47. The van der Waals surface area contributed by atoms with Crippen molar-refractivity contribution in [2.75, 3.05) is 76.2 Å². The molecule has 0 bridgehead atoms. The van der Waals surface area contributed by atoms with Crippen LogP contribution in [0.1, 0.15) is 33.1 Å². The Morgan fingerprint density at radius 3 is 2.17 bits per heavy atom. The van der Waals surface area contributed by atoms with Gasteiger partial charge in [-0.15, -0.1) is 0 Å². The summed E-state index contributed by atoms with van der Waals surface area (Å²) < 4.78 is 44.1. The Morgan fingerprint density at radius 2 is 1.53 bits per heavy atom. The van der Waals surface area contributed by atoms with Crippen LogP contribution in [0.25, 0.3) is 0 Å². The van der Waals surface area contributed by atoms with Crippen molar-refractivity contribution in [1.29, 1.82) is 0 Å². The number of anilines is 1. The predicted octanol–water partition coefficient (Wildman–Crippen LogP) is -4.47. The number of rotatable bonds is 27. The number of ether oxygens (including phenoxy) is 8. The lowest BCUT2D eigenvalue weighted by Crippen LogP contribution is -2.68. The number of thioether (sulfide) groups is 1. The SMILES string of the molecule is CCOc1c(NCCOCCOCCNC(=O)CCCSCCCO[C@H]2O[C@H](C(N)=O)[C@H](O)[C@H](OC(N)=O)[C@H]2O[C@@H]2O[C@H](CO)[C@@H](O)[C@H](O)[C@H]2NC(C)=O)c(=O)c1=O. The lowest BCUT2D eigenvalue weighted by atomic mass is 9.95. The number of hydrogen-bond acceptors (Lipinski definition) is 20. The Hall–Kier alpha value is -3.69. The van der Waals surface area contributed by atoms with Gasteiger partial charge in [0.2, 0.25) is 17.7 Å². The van der Waals surface area contributed by atoms with Crippen LogP contribution < -0.4 is 43.0 Å². The molecule has 24 heteroatoms. The molecule has 2 saturated heterocycles. The van der Waals surface area contributed by atoms with Gasteiger partial charge in [-0.05, 0) is 31.3 Å². The number of nitrogens with one attached hydrogen (secondary N) is 3. The monoisotopic (exact) mass is 853 g/mol. The topological polar surface area (TPSA) is 345 Å². The van der Waals surface area contributed by atoms with Gasteiger partial charge in [0.15, 0.2) is 36.6 Å². The molecule has 1 aromatic carbocycles. The average Bonchev–Trinajstić information content (AvgIpc) is 3.18. The van der Waals surface area contributed by atoms with Crippen LogP contribution in [-0.4, -0.2) is 176 Å². The van der Waals surface area contributed by atoms with Crippen LogP contribution in [0.15, 0.2) is 9.59 Å². The van der Waals surface area contributed by atoms with Crippen molar-refractivity contribution in [3.05, 3.63) is 20.4 Å². The van der Waals surface area contributed by atoms with Gasteiger partial charge in [-0.2, -0.15) is 11.8 Å². The molecule has 2 aliphatic rings. The number of aliphatic hydroxyl groups excluding tert-OH is 4. The van der Waals surface area contributed by atoms with Crippen LogP contribution in [0.2, 0.25) is 0 Å². The molecule has 10 atom stereocenters. The Balaban J connectivity index is 1.36. The van der Waals surface area contributed by atoms with Crippen LogP contribution in [0.4, 0.5) is 10.5 Å². The first-order chi connectivity index (χ1) is 27.7. The standard InChI is InChI=1S/C34H55N5O18S/c1-3-52-27-20(23(44)25(27)46)38-8-11-51-13-12-50-10-7-37-19(42)6-4-14-58-15-5-9-53-33-30(28(57-34(36)49)26(47)29(55-33)31(35)48)56-32-21(39-17(2)41)24(45)22(43)18(16-40)54-32/h18,21-22,24,26,28-30,32-33,38,40,43,45,47H,3-16H2,1-2H3,(H2,35,48)(H2,36,49)(H,37,42)(H,39,41)/t18-,21-,22-,24-,26-,28+,29+,30-,32+,33+/m1/s1. The van der Waals surface area contributed by atoms with Gasteiger partial charge >= 0.3 is 6.09 Å². The molecule has 0 saturated carbocycles. The maximum Gasteiger partial charge on any atom is 0.404 e. The van der Waals surface area contributed by atoms with E-state index in [0.29, 0.717) is 50.7 Å². The molecule has 330 valence electrons. The molecule has 0 aromatic heterocycles. The highest BCUT2D eigenvalue weighted by Gasteiger charge is 2.54. The van der Waals surface area contributed by atoms with E-state index in [2.05, 4.69) is 16.0 Å². The second kappa shape index (κ2) is 25.1. The third kappa shape index (κ3) is 14.5. The second-order valence-corrected chi connectivity index (χ2v) is 14.2. The highest BCUT2D eigenvalue weighted by molar-refractivity contribution is 7.99. The third-order valence-electron chi connectivity index (χ3n) is 8.65. The van der Waals surface area contributed by atoms with Gasteiger partial charge in [-0.25, -0.2) is 4.79 Å².